The molecule has 0 bridgehead atoms. The molecule has 0 spiro atoms. The van der Waals surface area contributed by atoms with Gasteiger partial charge >= 0.3 is 5.97 Å². The van der Waals surface area contributed by atoms with Crippen LogP contribution in [-0.2, 0) is 11.3 Å². The van der Waals surface area contributed by atoms with Gasteiger partial charge in [-0.2, -0.15) is 0 Å². The molecular formula is C24H30Cl2N4O3S2. The molecule has 3 rings (SSSR count). The molecule has 0 atom stereocenters. The number of methoxy groups -OCH3 is 1. The first-order valence-electron chi connectivity index (χ1n) is 11.4. The molecule has 11 heteroatoms. The molecule has 1 aliphatic heterocycles. The van der Waals surface area contributed by atoms with E-state index in [1.54, 1.807) is 17.9 Å². The minimum absolute atomic E-state index is 0.101. The molecule has 2 heterocycles. The van der Waals surface area contributed by atoms with Gasteiger partial charge in [-0.15, -0.1) is 11.3 Å². The summed E-state index contributed by atoms with van der Waals surface area (Å²) in [6.07, 6.45) is 0. The standard InChI is InChI=1S/C24H30Cl2N4O3S2/c1-5-29(6-2)22(31)20-15(3)19(23(32)33-4)21(35-20)27-24(34)30-11-9-28(10-12-30)14-16-7-8-17(25)13-18(16)26/h7-8,13H,5-6,9-12,14H2,1-4H3,(H,27,34). The summed E-state index contributed by atoms with van der Waals surface area (Å²) in [6, 6.07) is 5.56. The number of nitrogens with zero attached hydrogens (tertiary/aromatic N) is 3. The number of esters is 1. The second kappa shape index (κ2) is 12.4. The summed E-state index contributed by atoms with van der Waals surface area (Å²) in [5.41, 5.74) is 1.99. The van der Waals surface area contributed by atoms with Gasteiger partial charge in [-0.25, -0.2) is 4.79 Å². The summed E-state index contributed by atoms with van der Waals surface area (Å²) in [7, 11) is 1.33. The van der Waals surface area contributed by atoms with Gasteiger partial charge in [-0.1, -0.05) is 29.3 Å². The van der Waals surface area contributed by atoms with Gasteiger partial charge in [0.2, 0.25) is 0 Å². The first kappa shape index (κ1) is 27.7. The van der Waals surface area contributed by atoms with E-state index in [9.17, 15) is 9.59 Å². The first-order valence-corrected chi connectivity index (χ1v) is 13.4. The minimum atomic E-state index is -0.493. The molecule has 1 saturated heterocycles. The second-order valence-corrected chi connectivity index (χ2v) is 10.4. The van der Waals surface area contributed by atoms with Crippen LogP contribution in [0.2, 0.25) is 10.0 Å². The van der Waals surface area contributed by atoms with E-state index < -0.39 is 5.97 Å². The molecule has 7 nitrogen and oxygen atoms in total. The molecule has 1 aromatic carbocycles. The van der Waals surface area contributed by atoms with Crippen molar-refractivity contribution in [1.82, 2.24) is 14.7 Å². The summed E-state index contributed by atoms with van der Waals surface area (Å²) in [5.74, 6) is -0.594. The lowest BCUT2D eigenvalue weighted by atomic mass is 10.1. The smallest absolute Gasteiger partial charge is 0.341 e. The van der Waals surface area contributed by atoms with E-state index in [0.717, 1.165) is 38.3 Å². The first-order chi connectivity index (χ1) is 16.7. The number of carbonyl (C=O) groups excluding carboxylic acids is 2. The zero-order chi connectivity index (χ0) is 25.7. The number of benzene rings is 1. The molecular weight excluding hydrogens is 527 g/mol. The van der Waals surface area contributed by atoms with Crippen LogP contribution >= 0.6 is 46.8 Å². The maximum atomic E-state index is 13.0. The predicted molar refractivity (Wildman–Crippen MR) is 147 cm³/mol. The fourth-order valence-electron chi connectivity index (χ4n) is 3.98. The van der Waals surface area contributed by atoms with Crippen molar-refractivity contribution in [3.05, 3.63) is 49.8 Å². The van der Waals surface area contributed by atoms with Crippen molar-refractivity contribution >= 4 is 68.7 Å². The van der Waals surface area contributed by atoms with E-state index in [0.29, 0.717) is 49.3 Å². The van der Waals surface area contributed by atoms with Gasteiger partial charge < -0.3 is 19.9 Å². The van der Waals surface area contributed by atoms with Crippen LogP contribution in [0.5, 0.6) is 0 Å². The number of amides is 1. The number of rotatable bonds is 7. The molecule has 1 fully saturated rings. The number of hydrogen-bond donors (Lipinski definition) is 1. The lowest BCUT2D eigenvalue weighted by Gasteiger charge is -2.36. The van der Waals surface area contributed by atoms with Gasteiger partial charge in [0.15, 0.2) is 5.11 Å². The molecule has 1 N–H and O–H groups in total. The number of carbonyl (C=O) groups is 2. The molecule has 2 aromatic rings. The van der Waals surface area contributed by atoms with Crippen molar-refractivity contribution in [2.45, 2.75) is 27.3 Å². The highest BCUT2D eigenvalue weighted by Gasteiger charge is 2.29. The van der Waals surface area contributed by atoms with Gasteiger partial charge in [0.1, 0.15) is 5.00 Å². The van der Waals surface area contributed by atoms with E-state index in [4.69, 9.17) is 40.2 Å². The van der Waals surface area contributed by atoms with Crippen LogP contribution in [0, 0.1) is 6.92 Å². The molecule has 0 saturated carbocycles. The highest BCUT2D eigenvalue weighted by Crippen LogP contribution is 2.35. The van der Waals surface area contributed by atoms with E-state index in [1.807, 2.05) is 26.0 Å². The van der Waals surface area contributed by atoms with Crippen molar-refractivity contribution in [1.29, 1.82) is 0 Å². The number of piperazine rings is 1. The third-order valence-corrected chi connectivity index (χ3v) is 8.21. The maximum absolute atomic E-state index is 13.0. The van der Waals surface area contributed by atoms with E-state index in [2.05, 4.69) is 15.1 Å². The second-order valence-electron chi connectivity index (χ2n) is 8.16. The quantitative estimate of drug-likeness (QED) is 0.373. The number of thiophene rings is 1. The monoisotopic (exact) mass is 556 g/mol. The van der Waals surface area contributed by atoms with Gasteiger partial charge in [-0.3, -0.25) is 9.69 Å². The number of halogens is 2. The molecule has 1 aromatic heterocycles. The highest BCUT2D eigenvalue weighted by atomic mass is 35.5. The Labute approximate surface area is 225 Å². The Morgan fingerprint density at radius 1 is 1.17 bits per heavy atom. The molecule has 190 valence electrons. The Kier molecular flexibility index (Phi) is 9.77. The normalized spacial score (nSPS) is 14.1. The largest absolute Gasteiger partial charge is 0.465 e. The van der Waals surface area contributed by atoms with Crippen molar-refractivity contribution < 1.29 is 14.3 Å². The Morgan fingerprint density at radius 3 is 2.40 bits per heavy atom. The minimum Gasteiger partial charge on any atom is -0.465 e. The topological polar surface area (TPSA) is 65.1 Å². The van der Waals surface area contributed by atoms with Crippen molar-refractivity contribution in [2.75, 3.05) is 51.7 Å². The lowest BCUT2D eigenvalue weighted by molar-refractivity contribution is 0.0601. The third-order valence-electron chi connectivity index (χ3n) is 6.07. The van der Waals surface area contributed by atoms with Gasteiger partial charge in [0.25, 0.3) is 5.91 Å². The molecule has 0 aliphatic carbocycles. The molecule has 1 amide bonds. The number of anilines is 1. The fourth-order valence-corrected chi connectivity index (χ4v) is 5.96. The molecule has 1 aliphatic rings. The summed E-state index contributed by atoms with van der Waals surface area (Å²) in [6.45, 7) is 10.6. The van der Waals surface area contributed by atoms with E-state index in [1.165, 1.54) is 18.4 Å². The zero-order valence-electron chi connectivity index (χ0n) is 20.3. The average molecular weight is 558 g/mol. The van der Waals surface area contributed by atoms with E-state index >= 15 is 0 Å². The zero-order valence-corrected chi connectivity index (χ0v) is 23.5. The number of nitrogens with one attached hydrogen (secondary N) is 1. The van der Waals surface area contributed by atoms with Crippen molar-refractivity contribution in [3.63, 3.8) is 0 Å². The van der Waals surface area contributed by atoms with Crippen molar-refractivity contribution in [2.24, 2.45) is 0 Å². The van der Waals surface area contributed by atoms with Crippen LogP contribution in [0.4, 0.5) is 5.00 Å². The SMILES string of the molecule is CCN(CC)C(=O)c1sc(NC(=S)N2CCN(Cc3ccc(Cl)cc3Cl)CC2)c(C(=O)OC)c1C. The Morgan fingerprint density at radius 2 is 1.83 bits per heavy atom. The van der Waals surface area contributed by atoms with Gasteiger partial charge in [0, 0.05) is 55.9 Å². The number of ether oxygens (including phenoxy) is 1. The highest BCUT2D eigenvalue weighted by molar-refractivity contribution is 7.80. The number of thiocarbonyl (C=S) groups is 1. The van der Waals surface area contributed by atoms with Crippen LogP contribution in [-0.4, -0.2) is 78.1 Å². The third kappa shape index (κ3) is 6.46. The van der Waals surface area contributed by atoms with Gasteiger partial charge in [-0.05, 0) is 56.2 Å². The summed E-state index contributed by atoms with van der Waals surface area (Å²) < 4.78 is 5.00. The Bertz CT molecular complexity index is 1100. The lowest BCUT2D eigenvalue weighted by Crippen LogP contribution is -2.49. The average Bonchev–Trinajstić information content (AvgIpc) is 3.16. The molecule has 35 heavy (non-hydrogen) atoms. The molecule has 0 unspecified atom stereocenters. The molecule has 0 radical (unpaired) electrons. The van der Waals surface area contributed by atoms with Crippen LogP contribution < -0.4 is 5.32 Å². The summed E-state index contributed by atoms with van der Waals surface area (Å²) in [5, 5.41) is 5.55. The van der Waals surface area contributed by atoms with Crippen molar-refractivity contribution in [3.8, 4) is 0 Å². The van der Waals surface area contributed by atoms with E-state index in [-0.39, 0.29) is 5.91 Å². The van der Waals surface area contributed by atoms with Crippen LogP contribution in [0.15, 0.2) is 18.2 Å². The number of hydrogen-bond acceptors (Lipinski definition) is 6. The maximum Gasteiger partial charge on any atom is 0.341 e. The summed E-state index contributed by atoms with van der Waals surface area (Å²) in [4.78, 5) is 32.2. The summed E-state index contributed by atoms with van der Waals surface area (Å²) >= 11 is 19.3. The Balaban J connectivity index is 1.70. The Hall–Kier alpha value is -1.91. The fraction of sp³-hybridized carbons (Fsp3) is 0.458. The van der Waals surface area contributed by atoms with Crippen LogP contribution in [0.25, 0.3) is 0 Å². The van der Waals surface area contributed by atoms with Gasteiger partial charge in [0.05, 0.1) is 17.6 Å². The predicted octanol–water partition coefficient (Wildman–Crippen LogP) is 5.15. The van der Waals surface area contributed by atoms with Crippen LogP contribution in [0.1, 0.15) is 45.0 Å². The van der Waals surface area contributed by atoms with Crippen LogP contribution in [0.3, 0.4) is 0 Å².